The van der Waals surface area contributed by atoms with Gasteiger partial charge in [-0.3, -0.25) is 4.79 Å². The van der Waals surface area contributed by atoms with Crippen LogP contribution in [0.1, 0.15) is 25.8 Å². The van der Waals surface area contributed by atoms with Gasteiger partial charge < -0.3 is 15.5 Å². The van der Waals surface area contributed by atoms with E-state index in [4.69, 9.17) is 0 Å². The molecule has 1 amide bonds. The molecule has 1 aromatic rings. The Kier molecular flexibility index (Phi) is 6.84. The van der Waals surface area contributed by atoms with E-state index in [0.29, 0.717) is 6.42 Å². The summed E-state index contributed by atoms with van der Waals surface area (Å²) in [6, 6.07) is 6.16. The van der Waals surface area contributed by atoms with Gasteiger partial charge in [0, 0.05) is 10.9 Å². The summed E-state index contributed by atoms with van der Waals surface area (Å²) in [5.41, 5.74) is 0.787. The van der Waals surface area contributed by atoms with Crippen molar-refractivity contribution >= 4 is 27.8 Å². The Hall–Kier alpha value is -1.40. The predicted octanol–water partition coefficient (Wildman–Crippen LogP) is 1.97. The molecule has 2 atom stereocenters. The minimum atomic E-state index is -1.19. The van der Waals surface area contributed by atoms with Crippen molar-refractivity contribution in [3.63, 3.8) is 0 Å². The van der Waals surface area contributed by atoms with Crippen LogP contribution in [0.5, 0.6) is 0 Å². The number of nitrogens with one attached hydrogen (secondary N) is 1. The Labute approximate surface area is 132 Å². The van der Waals surface area contributed by atoms with E-state index in [2.05, 4.69) is 21.2 Å². The fourth-order valence-corrected chi connectivity index (χ4v) is 2.37. The van der Waals surface area contributed by atoms with Gasteiger partial charge in [0.1, 0.15) is 12.1 Å². The number of benzene rings is 1. The quantitative estimate of drug-likeness (QED) is 0.696. The standard InChI is InChI=1S/C15H20BrNO4/c1-9(2)6-13(18)14(19)17-12(15(20)21)8-10-4-3-5-11(16)7-10/h3-5,7,9,12-13,18H,6,8H2,1-2H3,(H,17,19)(H,20,21)/t12-,13+/m1/s1. The van der Waals surface area contributed by atoms with E-state index < -0.39 is 24.0 Å². The van der Waals surface area contributed by atoms with E-state index in [1.807, 2.05) is 19.9 Å². The molecule has 1 aromatic carbocycles. The fraction of sp³-hybridized carbons (Fsp3) is 0.467. The van der Waals surface area contributed by atoms with Crippen LogP contribution in [0.15, 0.2) is 28.7 Å². The van der Waals surface area contributed by atoms with Gasteiger partial charge in [-0.15, -0.1) is 0 Å². The van der Waals surface area contributed by atoms with Crippen molar-refractivity contribution < 1.29 is 19.8 Å². The SMILES string of the molecule is CC(C)C[C@H](O)C(=O)N[C@H](Cc1cccc(Br)c1)C(=O)O. The summed E-state index contributed by atoms with van der Waals surface area (Å²) in [5.74, 6) is -1.62. The molecule has 0 fully saturated rings. The summed E-state index contributed by atoms with van der Waals surface area (Å²) < 4.78 is 0.843. The Balaban J connectivity index is 2.70. The Morgan fingerprint density at radius 3 is 2.52 bits per heavy atom. The third kappa shape index (κ3) is 6.27. The second-order valence-corrected chi connectivity index (χ2v) is 6.29. The van der Waals surface area contributed by atoms with Gasteiger partial charge in [0.2, 0.25) is 5.91 Å². The van der Waals surface area contributed by atoms with Gasteiger partial charge in [0.05, 0.1) is 0 Å². The molecule has 6 heteroatoms. The van der Waals surface area contributed by atoms with Crippen LogP contribution in [-0.4, -0.2) is 34.2 Å². The van der Waals surface area contributed by atoms with Crippen molar-refractivity contribution in [2.75, 3.05) is 0 Å². The number of carboxylic acid groups (broad SMARTS) is 1. The second kappa shape index (κ2) is 8.14. The van der Waals surface area contributed by atoms with Crippen LogP contribution < -0.4 is 5.32 Å². The lowest BCUT2D eigenvalue weighted by Gasteiger charge is -2.18. The molecule has 116 valence electrons. The highest BCUT2D eigenvalue weighted by Crippen LogP contribution is 2.13. The van der Waals surface area contributed by atoms with Crippen molar-refractivity contribution in [2.24, 2.45) is 5.92 Å². The number of carbonyl (C=O) groups excluding carboxylic acids is 1. The first-order valence-electron chi connectivity index (χ1n) is 6.75. The summed E-state index contributed by atoms with van der Waals surface area (Å²) in [6.07, 6.45) is -0.724. The average molecular weight is 358 g/mol. The van der Waals surface area contributed by atoms with E-state index in [-0.39, 0.29) is 12.3 Å². The highest BCUT2D eigenvalue weighted by atomic mass is 79.9. The predicted molar refractivity (Wildman–Crippen MR) is 82.9 cm³/mol. The van der Waals surface area contributed by atoms with Gasteiger partial charge in [0.25, 0.3) is 0 Å². The number of halogens is 1. The number of carboxylic acids is 1. The largest absolute Gasteiger partial charge is 0.480 e. The monoisotopic (exact) mass is 357 g/mol. The summed E-state index contributed by atoms with van der Waals surface area (Å²) >= 11 is 3.32. The van der Waals surface area contributed by atoms with Crippen LogP contribution in [0, 0.1) is 5.92 Å². The van der Waals surface area contributed by atoms with Crippen LogP contribution in [0.2, 0.25) is 0 Å². The first kappa shape index (κ1) is 17.7. The van der Waals surface area contributed by atoms with Crippen LogP contribution in [0.25, 0.3) is 0 Å². The van der Waals surface area contributed by atoms with Crippen molar-refractivity contribution in [1.29, 1.82) is 0 Å². The molecule has 0 aliphatic heterocycles. The fourth-order valence-electron chi connectivity index (χ4n) is 1.92. The lowest BCUT2D eigenvalue weighted by atomic mass is 10.0. The van der Waals surface area contributed by atoms with E-state index in [0.717, 1.165) is 10.0 Å². The second-order valence-electron chi connectivity index (χ2n) is 5.38. The van der Waals surface area contributed by atoms with Gasteiger partial charge in [-0.05, 0) is 30.0 Å². The minimum absolute atomic E-state index is 0.152. The smallest absolute Gasteiger partial charge is 0.326 e. The Morgan fingerprint density at radius 1 is 1.33 bits per heavy atom. The lowest BCUT2D eigenvalue weighted by molar-refractivity contribution is -0.143. The summed E-state index contributed by atoms with van der Waals surface area (Å²) in [7, 11) is 0. The van der Waals surface area contributed by atoms with Crippen LogP contribution >= 0.6 is 15.9 Å². The Bertz CT molecular complexity index is 504. The topological polar surface area (TPSA) is 86.6 Å². The number of hydrogen-bond donors (Lipinski definition) is 3. The number of amides is 1. The number of carbonyl (C=O) groups is 2. The zero-order valence-electron chi connectivity index (χ0n) is 12.0. The third-order valence-corrected chi connectivity index (χ3v) is 3.43. The van der Waals surface area contributed by atoms with Gasteiger partial charge in [-0.2, -0.15) is 0 Å². The number of aliphatic carboxylic acids is 1. The molecule has 0 aromatic heterocycles. The average Bonchev–Trinajstić information content (AvgIpc) is 2.36. The number of hydrogen-bond acceptors (Lipinski definition) is 3. The lowest BCUT2D eigenvalue weighted by Crippen LogP contribution is -2.46. The maximum atomic E-state index is 11.8. The van der Waals surface area contributed by atoms with Gasteiger partial charge in [0.15, 0.2) is 0 Å². The minimum Gasteiger partial charge on any atom is -0.480 e. The van der Waals surface area contributed by atoms with E-state index in [9.17, 15) is 19.8 Å². The molecule has 0 saturated heterocycles. The number of rotatable bonds is 7. The zero-order chi connectivity index (χ0) is 16.0. The van der Waals surface area contributed by atoms with Gasteiger partial charge in [-0.1, -0.05) is 41.9 Å². The number of aliphatic hydroxyl groups excluding tert-OH is 1. The maximum Gasteiger partial charge on any atom is 0.326 e. The van der Waals surface area contributed by atoms with E-state index >= 15 is 0 Å². The van der Waals surface area contributed by atoms with Crippen molar-refractivity contribution in [1.82, 2.24) is 5.32 Å². The Morgan fingerprint density at radius 2 is 2.00 bits per heavy atom. The van der Waals surface area contributed by atoms with E-state index in [1.165, 1.54) is 0 Å². The third-order valence-electron chi connectivity index (χ3n) is 2.94. The molecule has 3 N–H and O–H groups in total. The van der Waals surface area contributed by atoms with Gasteiger partial charge >= 0.3 is 5.97 Å². The molecular weight excluding hydrogens is 338 g/mol. The molecule has 21 heavy (non-hydrogen) atoms. The summed E-state index contributed by atoms with van der Waals surface area (Å²) in [6.45, 7) is 3.76. The van der Waals surface area contributed by atoms with Crippen molar-refractivity contribution in [2.45, 2.75) is 38.8 Å². The molecule has 1 rings (SSSR count). The van der Waals surface area contributed by atoms with Crippen LogP contribution in [0.4, 0.5) is 0 Å². The first-order chi connectivity index (χ1) is 9.79. The molecule has 0 spiro atoms. The van der Waals surface area contributed by atoms with Crippen molar-refractivity contribution in [3.05, 3.63) is 34.3 Å². The molecule has 0 aliphatic rings. The molecule has 0 aliphatic carbocycles. The number of aliphatic hydroxyl groups is 1. The molecule has 0 bridgehead atoms. The van der Waals surface area contributed by atoms with Crippen LogP contribution in [0.3, 0.4) is 0 Å². The van der Waals surface area contributed by atoms with Gasteiger partial charge in [-0.25, -0.2) is 4.79 Å². The normalized spacial score (nSPS) is 13.8. The van der Waals surface area contributed by atoms with E-state index in [1.54, 1.807) is 18.2 Å². The molecule has 0 saturated carbocycles. The van der Waals surface area contributed by atoms with Crippen LogP contribution in [-0.2, 0) is 16.0 Å². The highest BCUT2D eigenvalue weighted by Gasteiger charge is 2.24. The highest BCUT2D eigenvalue weighted by molar-refractivity contribution is 9.10. The molecule has 0 heterocycles. The molecule has 0 unspecified atom stereocenters. The molecule has 0 radical (unpaired) electrons. The summed E-state index contributed by atoms with van der Waals surface area (Å²) in [4.78, 5) is 23.1. The maximum absolute atomic E-state index is 11.8. The first-order valence-corrected chi connectivity index (χ1v) is 7.54. The zero-order valence-corrected chi connectivity index (χ0v) is 13.6. The van der Waals surface area contributed by atoms with Crippen molar-refractivity contribution in [3.8, 4) is 0 Å². The molecule has 5 nitrogen and oxygen atoms in total. The molecular formula is C15H20BrNO4. The summed E-state index contributed by atoms with van der Waals surface area (Å²) in [5, 5.41) is 21.3.